The van der Waals surface area contributed by atoms with Gasteiger partial charge < -0.3 is 9.64 Å². The van der Waals surface area contributed by atoms with Crippen molar-refractivity contribution in [2.24, 2.45) is 0 Å². The summed E-state index contributed by atoms with van der Waals surface area (Å²) in [6.45, 7) is 4.39. The zero-order valence-electron chi connectivity index (χ0n) is 15.3. The van der Waals surface area contributed by atoms with Crippen molar-refractivity contribution >= 4 is 5.95 Å². The van der Waals surface area contributed by atoms with Crippen LogP contribution < -0.4 is 15.2 Å². The molecule has 0 atom stereocenters. The van der Waals surface area contributed by atoms with Gasteiger partial charge in [0.05, 0.1) is 12.8 Å². The molecule has 1 aromatic heterocycles. The fourth-order valence-corrected chi connectivity index (χ4v) is 3.90. The Labute approximate surface area is 153 Å². The molecule has 6 nitrogen and oxygen atoms in total. The van der Waals surface area contributed by atoms with Crippen molar-refractivity contribution in [3.63, 3.8) is 0 Å². The summed E-state index contributed by atoms with van der Waals surface area (Å²) in [5.41, 5.74) is 3.04. The highest BCUT2D eigenvalue weighted by Crippen LogP contribution is 2.21. The summed E-state index contributed by atoms with van der Waals surface area (Å²) >= 11 is 0. The Morgan fingerprint density at radius 1 is 1.19 bits per heavy atom. The molecule has 2 aliphatic heterocycles. The number of aromatic amines is 1. The molecule has 0 bridgehead atoms. The van der Waals surface area contributed by atoms with Crippen LogP contribution in [-0.2, 0) is 19.5 Å². The van der Waals surface area contributed by atoms with Crippen LogP contribution in [0.3, 0.4) is 0 Å². The van der Waals surface area contributed by atoms with Crippen LogP contribution in [0.25, 0.3) is 0 Å². The summed E-state index contributed by atoms with van der Waals surface area (Å²) in [5, 5.41) is 0. The van der Waals surface area contributed by atoms with Crippen LogP contribution in [-0.4, -0.2) is 41.6 Å². The minimum absolute atomic E-state index is 0.0385. The van der Waals surface area contributed by atoms with E-state index in [1.807, 2.05) is 12.1 Å². The first kappa shape index (κ1) is 17.1. The van der Waals surface area contributed by atoms with Crippen molar-refractivity contribution in [1.29, 1.82) is 0 Å². The molecule has 6 heteroatoms. The van der Waals surface area contributed by atoms with Gasteiger partial charge >= 0.3 is 0 Å². The Bertz CT molecular complexity index is 827. The van der Waals surface area contributed by atoms with E-state index in [1.54, 1.807) is 7.11 Å². The summed E-state index contributed by atoms with van der Waals surface area (Å²) in [6, 6.07) is 8.16. The molecule has 0 spiro atoms. The van der Waals surface area contributed by atoms with Gasteiger partial charge in [-0.3, -0.25) is 14.7 Å². The number of hydrogen-bond acceptors (Lipinski definition) is 5. The Balaban J connectivity index is 1.53. The van der Waals surface area contributed by atoms with E-state index < -0.39 is 0 Å². The molecule has 0 aliphatic carbocycles. The number of anilines is 1. The fraction of sp³-hybridized carbons (Fsp3) is 0.500. The lowest BCUT2D eigenvalue weighted by Crippen LogP contribution is -2.38. The number of fused-ring (bicyclic) bond motifs is 1. The molecule has 1 fully saturated rings. The van der Waals surface area contributed by atoms with E-state index in [2.05, 4.69) is 26.9 Å². The van der Waals surface area contributed by atoms with E-state index >= 15 is 0 Å². The smallest absolute Gasteiger partial charge is 0.255 e. The van der Waals surface area contributed by atoms with E-state index in [9.17, 15) is 4.79 Å². The number of aromatic nitrogens is 2. The number of piperidine rings is 1. The van der Waals surface area contributed by atoms with E-state index in [0.717, 1.165) is 62.1 Å². The van der Waals surface area contributed by atoms with Gasteiger partial charge in [-0.1, -0.05) is 12.1 Å². The number of H-pyrrole nitrogens is 1. The number of hydrogen-bond donors (Lipinski definition) is 1. The minimum Gasteiger partial charge on any atom is -0.497 e. The van der Waals surface area contributed by atoms with Crippen molar-refractivity contribution in [3.05, 3.63) is 51.4 Å². The molecule has 0 radical (unpaired) electrons. The lowest BCUT2D eigenvalue weighted by molar-refractivity contribution is 0.240. The van der Waals surface area contributed by atoms with Crippen molar-refractivity contribution in [2.45, 2.75) is 38.8 Å². The second kappa shape index (κ2) is 7.50. The molecular weight excluding hydrogens is 328 g/mol. The third-order valence-electron chi connectivity index (χ3n) is 5.34. The molecule has 0 unspecified atom stereocenters. The standard InChI is InChI=1S/C20H26N4O2/c1-26-16-7-5-6-15(12-16)13-23-11-8-17-18(14-23)21-20(22-19(17)25)24-9-3-2-4-10-24/h5-7,12H,2-4,8-11,13-14H2,1H3,(H,21,22,25). The van der Waals surface area contributed by atoms with Crippen molar-refractivity contribution in [1.82, 2.24) is 14.9 Å². The molecular formula is C20H26N4O2. The second-order valence-electron chi connectivity index (χ2n) is 7.17. The van der Waals surface area contributed by atoms with Crippen molar-refractivity contribution < 1.29 is 4.74 Å². The molecule has 3 heterocycles. The maximum atomic E-state index is 12.5. The van der Waals surface area contributed by atoms with Gasteiger partial charge in [-0.15, -0.1) is 0 Å². The van der Waals surface area contributed by atoms with E-state index in [-0.39, 0.29) is 5.56 Å². The topological polar surface area (TPSA) is 61.5 Å². The van der Waals surface area contributed by atoms with Crippen molar-refractivity contribution in [3.8, 4) is 5.75 Å². The predicted molar refractivity (Wildman–Crippen MR) is 102 cm³/mol. The molecule has 26 heavy (non-hydrogen) atoms. The van der Waals surface area contributed by atoms with Crippen molar-refractivity contribution in [2.75, 3.05) is 31.6 Å². The van der Waals surface area contributed by atoms with E-state index in [0.29, 0.717) is 0 Å². The number of ether oxygens (including phenoxy) is 1. The monoisotopic (exact) mass is 354 g/mol. The van der Waals surface area contributed by atoms with Crippen LogP contribution >= 0.6 is 0 Å². The lowest BCUT2D eigenvalue weighted by atomic mass is 10.1. The Hall–Kier alpha value is -2.34. The summed E-state index contributed by atoms with van der Waals surface area (Å²) in [7, 11) is 1.69. The third-order valence-corrected chi connectivity index (χ3v) is 5.34. The molecule has 1 N–H and O–H groups in total. The average molecular weight is 354 g/mol. The highest BCUT2D eigenvalue weighted by atomic mass is 16.5. The van der Waals surface area contributed by atoms with Gasteiger partial charge in [0.1, 0.15) is 5.75 Å². The lowest BCUT2D eigenvalue weighted by Gasteiger charge is -2.31. The summed E-state index contributed by atoms with van der Waals surface area (Å²) < 4.78 is 5.32. The van der Waals surface area contributed by atoms with Gasteiger partial charge in [0.15, 0.2) is 0 Å². The minimum atomic E-state index is 0.0385. The van der Waals surface area contributed by atoms with Gasteiger partial charge in [0, 0.05) is 38.3 Å². The normalized spacial score (nSPS) is 17.8. The van der Waals surface area contributed by atoms with Crippen LogP contribution in [0.4, 0.5) is 5.95 Å². The number of methoxy groups -OCH3 is 1. The Morgan fingerprint density at radius 2 is 2.04 bits per heavy atom. The summed E-state index contributed by atoms with van der Waals surface area (Å²) in [5.74, 6) is 1.62. The first-order valence-corrected chi connectivity index (χ1v) is 9.45. The highest BCUT2D eigenvalue weighted by Gasteiger charge is 2.23. The quantitative estimate of drug-likeness (QED) is 0.913. The van der Waals surface area contributed by atoms with Gasteiger partial charge in [0.2, 0.25) is 5.95 Å². The van der Waals surface area contributed by atoms with Crippen LogP contribution in [0, 0.1) is 0 Å². The second-order valence-corrected chi connectivity index (χ2v) is 7.17. The first-order chi connectivity index (χ1) is 12.7. The zero-order chi connectivity index (χ0) is 17.9. The SMILES string of the molecule is COc1cccc(CN2CCc3c(nc(N4CCCCC4)[nH]c3=O)C2)c1. The van der Waals surface area contributed by atoms with Gasteiger partial charge in [-0.25, -0.2) is 4.98 Å². The number of benzene rings is 1. The molecule has 2 aliphatic rings. The number of rotatable bonds is 4. The molecule has 1 aromatic carbocycles. The van der Waals surface area contributed by atoms with Gasteiger partial charge in [-0.05, 0) is 43.4 Å². The van der Waals surface area contributed by atoms with Crippen LogP contribution in [0.5, 0.6) is 5.75 Å². The molecule has 1 saturated heterocycles. The Morgan fingerprint density at radius 3 is 2.85 bits per heavy atom. The Kier molecular flexibility index (Phi) is 4.93. The van der Waals surface area contributed by atoms with Crippen LogP contribution in [0.1, 0.15) is 36.1 Å². The van der Waals surface area contributed by atoms with E-state index in [1.165, 1.54) is 24.8 Å². The summed E-state index contributed by atoms with van der Waals surface area (Å²) in [6.07, 6.45) is 4.35. The van der Waals surface area contributed by atoms with Gasteiger partial charge in [0.25, 0.3) is 5.56 Å². The van der Waals surface area contributed by atoms with E-state index in [4.69, 9.17) is 9.72 Å². The average Bonchev–Trinajstić information content (AvgIpc) is 2.68. The highest BCUT2D eigenvalue weighted by molar-refractivity contribution is 5.35. The zero-order valence-corrected chi connectivity index (χ0v) is 15.3. The third kappa shape index (κ3) is 3.60. The molecule has 4 rings (SSSR count). The molecule has 138 valence electrons. The van der Waals surface area contributed by atoms with Crippen LogP contribution in [0.15, 0.2) is 29.1 Å². The number of nitrogens with one attached hydrogen (secondary N) is 1. The molecule has 2 aromatic rings. The molecule has 0 amide bonds. The largest absolute Gasteiger partial charge is 0.497 e. The maximum Gasteiger partial charge on any atom is 0.255 e. The van der Waals surface area contributed by atoms with Gasteiger partial charge in [-0.2, -0.15) is 0 Å². The maximum absolute atomic E-state index is 12.5. The fourth-order valence-electron chi connectivity index (χ4n) is 3.90. The molecule has 0 saturated carbocycles. The van der Waals surface area contributed by atoms with Crippen LogP contribution in [0.2, 0.25) is 0 Å². The number of nitrogens with zero attached hydrogens (tertiary/aromatic N) is 3. The first-order valence-electron chi connectivity index (χ1n) is 9.45. The predicted octanol–water partition coefficient (Wildman–Crippen LogP) is 2.33. The summed E-state index contributed by atoms with van der Waals surface area (Å²) in [4.78, 5) is 24.9.